The third kappa shape index (κ3) is 2.88. The van der Waals surface area contributed by atoms with E-state index in [0.29, 0.717) is 24.6 Å². The minimum atomic E-state index is -0.233. The van der Waals surface area contributed by atoms with Gasteiger partial charge in [-0.1, -0.05) is 29.8 Å². The Labute approximate surface area is 145 Å². The van der Waals surface area contributed by atoms with Crippen LogP contribution in [0.25, 0.3) is 33.5 Å². The van der Waals surface area contributed by atoms with Gasteiger partial charge in [-0.3, -0.25) is 0 Å². The van der Waals surface area contributed by atoms with Gasteiger partial charge in [0, 0.05) is 16.8 Å². The lowest BCUT2D eigenvalue weighted by Gasteiger charge is -2.13. The van der Waals surface area contributed by atoms with E-state index in [1.165, 1.54) is 5.56 Å². The van der Waals surface area contributed by atoms with Crippen molar-refractivity contribution in [1.82, 2.24) is 9.97 Å². The third-order valence-electron chi connectivity index (χ3n) is 4.35. The topological polar surface area (TPSA) is 91.0 Å². The summed E-state index contributed by atoms with van der Waals surface area (Å²) in [5, 5.41) is 2.00. The zero-order valence-electron chi connectivity index (χ0n) is 14.1. The van der Waals surface area contributed by atoms with Gasteiger partial charge in [0.15, 0.2) is 11.6 Å². The van der Waals surface area contributed by atoms with E-state index >= 15 is 0 Å². The molecule has 0 bridgehead atoms. The molecule has 0 saturated carbocycles. The molecule has 0 aliphatic heterocycles. The number of nitrogens with two attached hydrogens (primary N) is 2. The Bertz CT molecular complexity index is 1050. The lowest BCUT2D eigenvalue weighted by Crippen LogP contribution is -2.17. The number of rotatable bonds is 4. The van der Waals surface area contributed by atoms with Crippen molar-refractivity contribution in [3.8, 4) is 11.6 Å². The van der Waals surface area contributed by atoms with Gasteiger partial charge >= 0.3 is 0 Å². The number of fused-ring (bicyclic) bond motifs is 2. The summed E-state index contributed by atoms with van der Waals surface area (Å²) in [5.74, 6) is 1.20. The van der Waals surface area contributed by atoms with Crippen LogP contribution in [0, 0.1) is 6.92 Å². The van der Waals surface area contributed by atoms with Crippen LogP contribution in [0.4, 0.5) is 0 Å². The van der Waals surface area contributed by atoms with E-state index in [4.69, 9.17) is 20.9 Å². The van der Waals surface area contributed by atoms with E-state index in [1.807, 2.05) is 42.5 Å². The fourth-order valence-corrected chi connectivity index (χ4v) is 3.08. The Morgan fingerprint density at radius 2 is 1.92 bits per heavy atom. The molecule has 25 heavy (non-hydrogen) atoms. The van der Waals surface area contributed by atoms with Crippen LogP contribution in [0.15, 0.2) is 52.9 Å². The van der Waals surface area contributed by atoms with Crippen molar-refractivity contribution in [2.45, 2.75) is 19.4 Å². The van der Waals surface area contributed by atoms with E-state index in [-0.39, 0.29) is 6.04 Å². The number of para-hydroxylation sites is 1. The maximum absolute atomic E-state index is 6.31. The largest absolute Gasteiger partial charge is 0.453 e. The summed E-state index contributed by atoms with van der Waals surface area (Å²) < 4.78 is 5.96. The summed E-state index contributed by atoms with van der Waals surface area (Å²) >= 11 is 0. The van der Waals surface area contributed by atoms with Gasteiger partial charge in [0.1, 0.15) is 5.58 Å². The number of hydrogen-bond donors (Lipinski definition) is 2. The summed E-state index contributed by atoms with van der Waals surface area (Å²) in [6.45, 7) is 2.57. The van der Waals surface area contributed by atoms with Gasteiger partial charge in [-0.2, -0.15) is 0 Å². The first kappa shape index (κ1) is 15.7. The van der Waals surface area contributed by atoms with E-state index in [9.17, 15) is 0 Å². The first-order valence-electron chi connectivity index (χ1n) is 8.38. The SMILES string of the molecule is Cc1ccc2oc(-c3nc(C(N)CCN)c4ccccc4n3)cc2c1. The predicted molar refractivity (Wildman–Crippen MR) is 100 cm³/mol. The van der Waals surface area contributed by atoms with Crippen LogP contribution in [0.2, 0.25) is 0 Å². The predicted octanol–water partition coefficient (Wildman–Crippen LogP) is 3.70. The molecule has 0 spiro atoms. The molecular formula is C20H20N4O. The summed E-state index contributed by atoms with van der Waals surface area (Å²) in [7, 11) is 0. The lowest BCUT2D eigenvalue weighted by atomic mass is 10.1. The molecule has 1 unspecified atom stereocenters. The molecule has 5 heteroatoms. The quantitative estimate of drug-likeness (QED) is 0.594. The van der Waals surface area contributed by atoms with Crippen LogP contribution in [-0.4, -0.2) is 16.5 Å². The van der Waals surface area contributed by atoms with Gasteiger partial charge in [-0.15, -0.1) is 0 Å². The van der Waals surface area contributed by atoms with Gasteiger partial charge in [0.25, 0.3) is 0 Å². The fourth-order valence-electron chi connectivity index (χ4n) is 3.08. The number of benzene rings is 2. The monoisotopic (exact) mass is 332 g/mol. The second kappa shape index (κ2) is 6.27. The first-order chi connectivity index (χ1) is 12.2. The van der Waals surface area contributed by atoms with E-state index in [0.717, 1.165) is 27.6 Å². The van der Waals surface area contributed by atoms with Crippen molar-refractivity contribution in [3.05, 3.63) is 59.8 Å². The molecule has 126 valence electrons. The zero-order valence-corrected chi connectivity index (χ0v) is 14.1. The Morgan fingerprint density at radius 3 is 2.76 bits per heavy atom. The van der Waals surface area contributed by atoms with Crippen LogP contribution in [-0.2, 0) is 0 Å². The van der Waals surface area contributed by atoms with Crippen LogP contribution in [0.5, 0.6) is 0 Å². The van der Waals surface area contributed by atoms with Gasteiger partial charge < -0.3 is 15.9 Å². The highest BCUT2D eigenvalue weighted by atomic mass is 16.3. The van der Waals surface area contributed by atoms with Crippen molar-refractivity contribution < 1.29 is 4.42 Å². The van der Waals surface area contributed by atoms with Gasteiger partial charge in [0.2, 0.25) is 0 Å². The van der Waals surface area contributed by atoms with Crippen molar-refractivity contribution in [2.24, 2.45) is 11.5 Å². The molecular weight excluding hydrogens is 312 g/mol. The number of aromatic nitrogens is 2. The van der Waals surface area contributed by atoms with Gasteiger partial charge in [0.05, 0.1) is 11.2 Å². The molecule has 2 aromatic heterocycles. The Hall–Kier alpha value is -2.76. The molecule has 0 amide bonds. The molecule has 2 aromatic carbocycles. The molecule has 4 rings (SSSR count). The summed E-state index contributed by atoms with van der Waals surface area (Å²) in [5.41, 5.74) is 15.7. The number of aryl methyl sites for hydroxylation is 1. The zero-order chi connectivity index (χ0) is 17.4. The van der Waals surface area contributed by atoms with Crippen molar-refractivity contribution in [2.75, 3.05) is 6.54 Å². The molecule has 5 nitrogen and oxygen atoms in total. The lowest BCUT2D eigenvalue weighted by molar-refractivity contribution is 0.618. The standard InChI is InChI=1S/C20H20N4O/c1-12-6-7-17-13(10-12)11-18(25-17)20-23-16-5-3-2-4-14(16)19(24-20)15(22)8-9-21/h2-7,10-11,15H,8-9,21-22H2,1H3. The average Bonchev–Trinajstić information content (AvgIpc) is 3.04. The highest BCUT2D eigenvalue weighted by Crippen LogP contribution is 2.30. The number of nitrogens with zero attached hydrogens (tertiary/aromatic N) is 2. The van der Waals surface area contributed by atoms with Crippen molar-refractivity contribution in [1.29, 1.82) is 0 Å². The molecule has 0 saturated heterocycles. The second-order valence-electron chi connectivity index (χ2n) is 6.29. The van der Waals surface area contributed by atoms with Gasteiger partial charge in [-0.25, -0.2) is 9.97 Å². The van der Waals surface area contributed by atoms with Crippen LogP contribution < -0.4 is 11.5 Å². The fraction of sp³-hybridized carbons (Fsp3) is 0.200. The minimum absolute atomic E-state index is 0.233. The van der Waals surface area contributed by atoms with Crippen LogP contribution in [0.3, 0.4) is 0 Å². The Kier molecular flexibility index (Phi) is 3.95. The summed E-state index contributed by atoms with van der Waals surface area (Å²) in [6.07, 6.45) is 0.666. The molecule has 0 aliphatic rings. The van der Waals surface area contributed by atoms with Crippen molar-refractivity contribution >= 4 is 21.9 Å². The summed E-state index contributed by atoms with van der Waals surface area (Å²) in [6, 6.07) is 15.7. The van der Waals surface area contributed by atoms with E-state index < -0.39 is 0 Å². The molecule has 0 fully saturated rings. The average molecular weight is 332 g/mol. The second-order valence-corrected chi connectivity index (χ2v) is 6.29. The van der Waals surface area contributed by atoms with Crippen molar-refractivity contribution in [3.63, 3.8) is 0 Å². The molecule has 2 heterocycles. The smallest absolute Gasteiger partial charge is 0.196 e. The Balaban J connectivity index is 1.91. The molecule has 0 radical (unpaired) electrons. The third-order valence-corrected chi connectivity index (χ3v) is 4.35. The summed E-state index contributed by atoms with van der Waals surface area (Å²) in [4.78, 5) is 9.40. The highest BCUT2D eigenvalue weighted by molar-refractivity contribution is 5.85. The molecule has 1 atom stereocenters. The molecule has 4 aromatic rings. The highest BCUT2D eigenvalue weighted by Gasteiger charge is 2.17. The van der Waals surface area contributed by atoms with E-state index in [1.54, 1.807) is 0 Å². The Morgan fingerprint density at radius 1 is 1.08 bits per heavy atom. The minimum Gasteiger partial charge on any atom is -0.453 e. The maximum Gasteiger partial charge on any atom is 0.196 e. The number of furan rings is 1. The van der Waals surface area contributed by atoms with E-state index in [2.05, 4.69) is 18.0 Å². The van der Waals surface area contributed by atoms with Crippen LogP contribution in [0.1, 0.15) is 23.7 Å². The molecule has 0 aliphatic carbocycles. The molecule has 4 N–H and O–H groups in total. The first-order valence-corrected chi connectivity index (χ1v) is 8.38. The number of hydrogen-bond acceptors (Lipinski definition) is 5. The van der Waals surface area contributed by atoms with Gasteiger partial charge in [-0.05, 0) is 44.2 Å². The van der Waals surface area contributed by atoms with Crippen LogP contribution >= 0.6 is 0 Å². The normalized spacial score (nSPS) is 12.8. The maximum atomic E-state index is 6.31.